The minimum Gasteiger partial charge on any atom is -0.481 e. The summed E-state index contributed by atoms with van der Waals surface area (Å²) in [4.78, 5) is 29.3. The first-order chi connectivity index (χ1) is 8.68. The Morgan fingerprint density at radius 2 is 2.17 bits per heavy atom. The summed E-state index contributed by atoms with van der Waals surface area (Å²) in [5, 5.41) is 9.28. The van der Waals surface area contributed by atoms with Crippen LogP contribution in [0.15, 0.2) is 24.4 Å². The number of nitrogens with zero attached hydrogens (tertiary/aromatic N) is 2. The van der Waals surface area contributed by atoms with Crippen LogP contribution in [0.1, 0.15) is 31.0 Å². The molecule has 5 nitrogen and oxygen atoms in total. The molecule has 1 aliphatic heterocycles. The normalized spacial score (nSPS) is 27.6. The standard InChI is InChI=1S/C13H14N2O3/c16-11-7-9(13(17)18)12(15(11)8-4-5-8)10-3-1-2-6-14-10/h1-3,6,8-9,12H,4-5,7H2,(H,17,18)/t9-,12-/m0/s1. The van der Waals surface area contributed by atoms with E-state index in [-0.39, 0.29) is 18.4 Å². The van der Waals surface area contributed by atoms with Gasteiger partial charge in [0.05, 0.1) is 17.7 Å². The first kappa shape index (κ1) is 11.2. The summed E-state index contributed by atoms with van der Waals surface area (Å²) in [6.07, 6.45) is 3.68. The Kier molecular flexibility index (Phi) is 2.54. The maximum Gasteiger partial charge on any atom is 0.309 e. The Balaban J connectivity index is 1.99. The van der Waals surface area contributed by atoms with Crippen LogP contribution in [0.5, 0.6) is 0 Å². The van der Waals surface area contributed by atoms with Crippen molar-refractivity contribution in [1.82, 2.24) is 9.88 Å². The number of carbonyl (C=O) groups is 2. The summed E-state index contributed by atoms with van der Waals surface area (Å²) in [6, 6.07) is 5.24. The summed E-state index contributed by atoms with van der Waals surface area (Å²) in [7, 11) is 0. The van der Waals surface area contributed by atoms with E-state index in [9.17, 15) is 14.7 Å². The molecular formula is C13H14N2O3. The molecule has 1 saturated carbocycles. The fraction of sp³-hybridized carbons (Fsp3) is 0.462. The summed E-state index contributed by atoms with van der Waals surface area (Å²) >= 11 is 0. The van der Waals surface area contributed by atoms with Crippen LogP contribution >= 0.6 is 0 Å². The molecule has 0 spiro atoms. The van der Waals surface area contributed by atoms with Crippen LogP contribution in [0.4, 0.5) is 0 Å². The Morgan fingerprint density at radius 3 is 2.72 bits per heavy atom. The molecule has 2 heterocycles. The van der Waals surface area contributed by atoms with E-state index >= 15 is 0 Å². The van der Waals surface area contributed by atoms with Gasteiger partial charge in [-0.2, -0.15) is 0 Å². The number of hydrogen-bond donors (Lipinski definition) is 1. The smallest absolute Gasteiger partial charge is 0.309 e. The molecule has 1 aromatic rings. The lowest BCUT2D eigenvalue weighted by atomic mass is 9.97. The van der Waals surface area contributed by atoms with Gasteiger partial charge < -0.3 is 10.0 Å². The second-order valence-electron chi connectivity index (χ2n) is 4.88. The number of rotatable bonds is 3. The summed E-state index contributed by atoms with van der Waals surface area (Å²) in [5.74, 6) is -1.64. The lowest BCUT2D eigenvalue weighted by Gasteiger charge is -2.26. The van der Waals surface area contributed by atoms with Crippen molar-refractivity contribution in [2.24, 2.45) is 5.92 Å². The molecule has 1 aliphatic carbocycles. The third-order valence-corrected chi connectivity index (χ3v) is 3.61. The molecule has 2 atom stereocenters. The molecule has 1 aromatic heterocycles. The Labute approximate surface area is 104 Å². The molecule has 1 N–H and O–H groups in total. The van der Waals surface area contributed by atoms with E-state index in [1.807, 2.05) is 6.07 Å². The van der Waals surface area contributed by atoms with Crippen LogP contribution in [0, 0.1) is 5.92 Å². The SMILES string of the molecule is O=C(O)[C@H]1CC(=O)N(C2CC2)[C@@H]1c1ccccn1. The van der Waals surface area contributed by atoms with Crippen LogP contribution in [0.25, 0.3) is 0 Å². The summed E-state index contributed by atoms with van der Waals surface area (Å²) in [6.45, 7) is 0. The summed E-state index contributed by atoms with van der Waals surface area (Å²) < 4.78 is 0. The quantitative estimate of drug-likeness (QED) is 0.870. The Morgan fingerprint density at radius 1 is 1.39 bits per heavy atom. The van der Waals surface area contributed by atoms with Gasteiger partial charge in [0.2, 0.25) is 5.91 Å². The molecule has 18 heavy (non-hydrogen) atoms. The zero-order chi connectivity index (χ0) is 12.7. The largest absolute Gasteiger partial charge is 0.481 e. The highest BCUT2D eigenvalue weighted by Gasteiger charge is 2.50. The third-order valence-electron chi connectivity index (χ3n) is 3.61. The van der Waals surface area contributed by atoms with Crippen LogP contribution in [-0.4, -0.2) is 32.9 Å². The fourth-order valence-corrected chi connectivity index (χ4v) is 2.66. The maximum atomic E-state index is 12.0. The molecule has 2 aliphatic rings. The third kappa shape index (κ3) is 1.75. The van der Waals surface area contributed by atoms with E-state index in [1.165, 1.54) is 0 Å². The number of hydrogen-bond acceptors (Lipinski definition) is 3. The van der Waals surface area contributed by atoms with E-state index in [0.717, 1.165) is 12.8 Å². The van der Waals surface area contributed by atoms with Crippen LogP contribution < -0.4 is 0 Å². The zero-order valence-electron chi connectivity index (χ0n) is 9.82. The van der Waals surface area contributed by atoms with Crippen molar-refractivity contribution in [1.29, 1.82) is 0 Å². The average Bonchev–Trinajstić information content (AvgIpc) is 3.13. The molecule has 1 saturated heterocycles. The number of aromatic nitrogens is 1. The first-order valence-electron chi connectivity index (χ1n) is 6.13. The summed E-state index contributed by atoms with van der Waals surface area (Å²) in [5.41, 5.74) is 0.683. The van der Waals surface area contributed by atoms with Crippen molar-refractivity contribution in [3.8, 4) is 0 Å². The molecule has 0 unspecified atom stereocenters. The van der Waals surface area contributed by atoms with Gasteiger partial charge >= 0.3 is 5.97 Å². The highest BCUT2D eigenvalue weighted by molar-refractivity contribution is 5.87. The predicted molar refractivity (Wildman–Crippen MR) is 62.6 cm³/mol. The van der Waals surface area contributed by atoms with Gasteiger partial charge in [-0.15, -0.1) is 0 Å². The van der Waals surface area contributed by atoms with E-state index in [0.29, 0.717) is 5.69 Å². The minimum atomic E-state index is -0.915. The van der Waals surface area contributed by atoms with Gasteiger partial charge in [-0.05, 0) is 25.0 Å². The van der Waals surface area contributed by atoms with E-state index in [4.69, 9.17) is 0 Å². The second kappa shape index (κ2) is 4.08. The van der Waals surface area contributed by atoms with Gasteiger partial charge in [0.15, 0.2) is 0 Å². The number of carboxylic acid groups (broad SMARTS) is 1. The molecule has 94 valence electrons. The molecule has 0 radical (unpaired) electrons. The number of likely N-dealkylation sites (tertiary alicyclic amines) is 1. The molecule has 0 aromatic carbocycles. The van der Waals surface area contributed by atoms with Crippen molar-refractivity contribution in [3.63, 3.8) is 0 Å². The number of amides is 1. The van der Waals surface area contributed by atoms with Gasteiger partial charge in [0, 0.05) is 18.7 Å². The highest BCUT2D eigenvalue weighted by atomic mass is 16.4. The van der Waals surface area contributed by atoms with Gasteiger partial charge in [-0.3, -0.25) is 14.6 Å². The maximum absolute atomic E-state index is 12.0. The van der Waals surface area contributed by atoms with Crippen LogP contribution in [0.3, 0.4) is 0 Å². The van der Waals surface area contributed by atoms with Gasteiger partial charge in [-0.1, -0.05) is 6.07 Å². The highest BCUT2D eigenvalue weighted by Crippen LogP contribution is 2.44. The zero-order valence-corrected chi connectivity index (χ0v) is 9.82. The minimum absolute atomic E-state index is 0.0550. The van der Waals surface area contributed by atoms with Crippen molar-refractivity contribution in [3.05, 3.63) is 30.1 Å². The van der Waals surface area contributed by atoms with Crippen LogP contribution in [-0.2, 0) is 9.59 Å². The van der Waals surface area contributed by atoms with Gasteiger partial charge in [-0.25, -0.2) is 0 Å². The van der Waals surface area contributed by atoms with E-state index in [1.54, 1.807) is 23.2 Å². The molecular weight excluding hydrogens is 232 g/mol. The van der Waals surface area contributed by atoms with Crippen LogP contribution in [0.2, 0.25) is 0 Å². The molecule has 3 rings (SSSR count). The second-order valence-corrected chi connectivity index (χ2v) is 4.88. The Hall–Kier alpha value is -1.91. The number of carboxylic acids is 1. The number of carbonyl (C=O) groups excluding carboxylic acids is 1. The van der Waals surface area contributed by atoms with E-state index < -0.39 is 17.9 Å². The molecule has 5 heteroatoms. The average molecular weight is 246 g/mol. The number of aliphatic carboxylic acids is 1. The lowest BCUT2D eigenvalue weighted by molar-refractivity contribution is -0.142. The van der Waals surface area contributed by atoms with Gasteiger partial charge in [0.1, 0.15) is 0 Å². The first-order valence-corrected chi connectivity index (χ1v) is 6.13. The van der Waals surface area contributed by atoms with Crippen molar-refractivity contribution in [2.75, 3.05) is 0 Å². The molecule has 0 bridgehead atoms. The van der Waals surface area contributed by atoms with Gasteiger partial charge in [0.25, 0.3) is 0 Å². The molecule has 2 fully saturated rings. The predicted octanol–water partition coefficient (Wildman–Crippen LogP) is 1.22. The fourth-order valence-electron chi connectivity index (χ4n) is 2.66. The van der Waals surface area contributed by atoms with Crippen molar-refractivity contribution in [2.45, 2.75) is 31.3 Å². The topological polar surface area (TPSA) is 70.5 Å². The Bertz CT molecular complexity index is 484. The van der Waals surface area contributed by atoms with E-state index in [2.05, 4.69) is 4.98 Å². The number of pyridine rings is 1. The van der Waals surface area contributed by atoms with Crippen molar-refractivity contribution < 1.29 is 14.7 Å². The monoisotopic (exact) mass is 246 g/mol. The van der Waals surface area contributed by atoms with Crippen molar-refractivity contribution >= 4 is 11.9 Å². The lowest BCUT2D eigenvalue weighted by Crippen LogP contribution is -2.32. The molecule has 1 amide bonds.